The standard InChI is InChI=1S/C9H11NO2S/c1-2-5-10(9(11)12)7-8-4-3-6-13-8/h2-4,6H,1,5,7H2,(H,11,12). The highest BCUT2D eigenvalue weighted by molar-refractivity contribution is 7.09. The monoisotopic (exact) mass is 197 g/mol. The molecule has 0 saturated heterocycles. The first-order valence-electron chi connectivity index (χ1n) is 3.85. The van der Waals surface area contributed by atoms with E-state index in [4.69, 9.17) is 5.11 Å². The average Bonchev–Trinajstić information content (AvgIpc) is 2.56. The van der Waals surface area contributed by atoms with Crippen LogP contribution in [0.1, 0.15) is 4.88 Å². The maximum Gasteiger partial charge on any atom is 0.407 e. The second-order valence-electron chi connectivity index (χ2n) is 2.53. The highest BCUT2D eigenvalue weighted by atomic mass is 32.1. The molecule has 0 radical (unpaired) electrons. The van der Waals surface area contributed by atoms with Crippen LogP contribution in [0.3, 0.4) is 0 Å². The summed E-state index contributed by atoms with van der Waals surface area (Å²) in [5.41, 5.74) is 0. The van der Waals surface area contributed by atoms with Gasteiger partial charge in [-0.3, -0.25) is 4.90 Å². The summed E-state index contributed by atoms with van der Waals surface area (Å²) < 4.78 is 0. The summed E-state index contributed by atoms with van der Waals surface area (Å²) in [6.07, 6.45) is 0.676. The quantitative estimate of drug-likeness (QED) is 0.753. The van der Waals surface area contributed by atoms with E-state index in [2.05, 4.69) is 6.58 Å². The van der Waals surface area contributed by atoms with Crippen LogP contribution in [0.2, 0.25) is 0 Å². The van der Waals surface area contributed by atoms with Crippen LogP contribution in [-0.2, 0) is 6.54 Å². The van der Waals surface area contributed by atoms with Crippen LogP contribution in [-0.4, -0.2) is 22.6 Å². The van der Waals surface area contributed by atoms with Gasteiger partial charge in [-0.2, -0.15) is 0 Å². The lowest BCUT2D eigenvalue weighted by Crippen LogP contribution is -2.28. The van der Waals surface area contributed by atoms with Crippen molar-refractivity contribution in [2.45, 2.75) is 6.54 Å². The predicted molar refractivity (Wildman–Crippen MR) is 53.0 cm³/mol. The maximum absolute atomic E-state index is 10.7. The number of carboxylic acid groups (broad SMARTS) is 1. The number of nitrogens with zero attached hydrogens (tertiary/aromatic N) is 1. The number of hydrogen-bond donors (Lipinski definition) is 1. The molecule has 1 aromatic rings. The Kier molecular flexibility index (Phi) is 3.52. The molecule has 1 heterocycles. The molecule has 0 spiro atoms. The summed E-state index contributed by atoms with van der Waals surface area (Å²) in [6.45, 7) is 4.32. The fourth-order valence-corrected chi connectivity index (χ4v) is 1.68. The molecule has 0 unspecified atom stereocenters. The van der Waals surface area contributed by atoms with E-state index in [0.29, 0.717) is 13.1 Å². The molecule has 0 aromatic carbocycles. The number of thiophene rings is 1. The van der Waals surface area contributed by atoms with Crippen molar-refractivity contribution < 1.29 is 9.90 Å². The first-order valence-corrected chi connectivity index (χ1v) is 4.73. The number of amides is 1. The third-order valence-electron chi connectivity index (χ3n) is 1.55. The minimum atomic E-state index is -0.909. The van der Waals surface area contributed by atoms with Crippen molar-refractivity contribution in [3.8, 4) is 0 Å². The van der Waals surface area contributed by atoms with Crippen molar-refractivity contribution in [3.63, 3.8) is 0 Å². The molecule has 0 aliphatic heterocycles. The molecule has 0 atom stereocenters. The Morgan fingerprint density at radius 1 is 1.77 bits per heavy atom. The first-order chi connectivity index (χ1) is 6.24. The lowest BCUT2D eigenvalue weighted by molar-refractivity contribution is 0.148. The Bertz CT molecular complexity index is 282. The van der Waals surface area contributed by atoms with Gasteiger partial charge in [-0.25, -0.2) is 4.79 Å². The zero-order chi connectivity index (χ0) is 9.68. The van der Waals surface area contributed by atoms with Gasteiger partial charge in [0.2, 0.25) is 0 Å². The second-order valence-corrected chi connectivity index (χ2v) is 3.56. The van der Waals surface area contributed by atoms with Crippen LogP contribution in [0.15, 0.2) is 30.2 Å². The maximum atomic E-state index is 10.7. The number of carbonyl (C=O) groups is 1. The Morgan fingerprint density at radius 3 is 3.00 bits per heavy atom. The van der Waals surface area contributed by atoms with Crippen LogP contribution in [0.25, 0.3) is 0 Å². The second kappa shape index (κ2) is 4.67. The van der Waals surface area contributed by atoms with Crippen molar-refractivity contribution in [3.05, 3.63) is 35.0 Å². The highest BCUT2D eigenvalue weighted by Crippen LogP contribution is 2.11. The topological polar surface area (TPSA) is 40.5 Å². The minimum Gasteiger partial charge on any atom is -0.465 e. The van der Waals surface area contributed by atoms with E-state index in [1.165, 1.54) is 4.90 Å². The van der Waals surface area contributed by atoms with Crippen LogP contribution in [0.4, 0.5) is 4.79 Å². The lowest BCUT2D eigenvalue weighted by Gasteiger charge is -2.15. The summed E-state index contributed by atoms with van der Waals surface area (Å²) in [5, 5.41) is 10.7. The fraction of sp³-hybridized carbons (Fsp3) is 0.222. The molecule has 0 fully saturated rings. The van der Waals surface area contributed by atoms with Crippen LogP contribution in [0.5, 0.6) is 0 Å². The summed E-state index contributed by atoms with van der Waals surface area (Å²) in [4.78, 5) is 13.1. The molecular weight excluding hydrogens is 186 g/mol. The van der Waals surface area contributed by atoms with E-state index in [-0.39, 0.29) is 0 Å². The van der Waals surface area contributed by atoms with Crippen molar-refractivity contribution in [1.29, 1.82) is 0 Å². The molecule has 4 heteroatoms. The first kappa shape index (κ1) is 9.80. The molecule has 0 aliphatic rings. The van der Waals surface area contributed by atoms with E-state index in [0.717, 1.165) is 4.88 Å². The summed E-state index contributed by atoms with van der Waals surface area (Å²) in [7, 11) is 0. The van der Waals surface area contributed by atoms with Crippen LogP contribution < -0.4 is 0 Å². The van der Waals surface area contributed by atoms with Crippen LogP contribution in [0, 0.1) is 0 Å². The van der Waals surface area contributed by atoms with Crippen molar-refractivity contribution >= 4 is 17.4 Å². The molecular formula is C9H11NO2S. The van der Waals surface area contributed by atoms with Crippen molar-refractivity contribution in [1.82, 2.24) is 4.90 Å². The van der Waals surface area contributed by atoms with Gasteiger partial charge in [0, 0.05) is 11.4 Å². The van der Waals surface area contributed by atoms with E-state index >= 15 is 0 Å². The zero-order valence-electron chi connectivity index (χ0n) is 7.14. The fourth-order valence-electron chi connectivity index (χ4n) is 0.957. The van der Waals surface area contributed by atoms with Gasteiger partial charge in [0.25, 0.3) is 0 Å². The Balaban J connectivity index is 2.57. The molecule has 3 nitrogen and oxygen atoms in total. The molecule has 70 valence electrons. The minimum absolute atomic E-state index is 0.368. The van der Waals surface area contributed by atoms with Gasteiger partial charge < -0.3 is 5.11 Å². The predicted octanol–water partition coefficient (Wildman–Crippen LogP) is 2.41. The summed E-state index contributed by atoms with van der Waals surface area (Å²) >= 11 is 1.56. The SMILES string of the molecule is C=CCN(Cc1cccs1)C(=O)O. The third-order valence-corrected chi connectivity index (χ3v) is 2.41. The lowest BCUT2D eigenvalue weighted by atomic mass is 10.4. The van der Waals surface area contributed by atoms with Crippen molar-refractivity contribution in [2.75, 3.05) is 6.54 Å². The molecule has 0 bridgehead atoms. The van der Waals surface area contributed by atoms with E-state index in [9.17, 15) is 4.79 Å². The molecule has 1 amide bonds. The smallest absolute Gasteiger partial charge is 0.407 e. The van der Waals surface area contributed by atoms with Gasteiger partial charge in [0.15, 0.2) is 0 Å². The van der Waals surface area contributed by atoms with Gasteiger partial charge in [-0.15, -0.1) is 17.9 Å². The third kappa shape index (κ3) is 2.91. The molecule has 0 saturated carbocycles. The zero-order valence-corrected chi connectivity index (χ0v) is 7.96. The summed E-state index contributed by atoms with van der Waals surface area (Å²) in [6, 6.07) is 3.83. The number of hydrogen-bond acceptors (Lipinski definition) is 2. The Hall–Kier alpha value is -1.29. The van der Waals surface area contributed by atoms with Gasteiger partial charge in [-0.1, -0.05) is 12.1 Å². The largest absolute Gasteiger partial charge is 0.465 e. The summed E-state index contributed by atoms with van der Waals surface area (Å²) in [5.74, 6) is 0. The number of rotatable bonds is 4. The van der Waals surface area contributed by atoms with Gasteiger partial charge >= 0.3 is 6.09 Å². The normalized spacial score (nSPS) is 9.54. The van der Waals surface area contributed by atoms with Crippen molar-refractivity contribution in [2.24, 2.45) is 0 Å². The Morgan fingerprint density at radius 2 is 2.54 bits per heavy atom. The van der Waals surface area contributed by atoms with Gasteiger partial charge in [0.05, 0.1) is 6.54 Å². The molecule has 1 rings (SSSR count). The van der Waals surface area contributed by atoms with Gasteiger partial charge in [0.1, 0.15) is 0 Å². The molecule has 1 aromatic heterocycles. The van der Waals surface area contributed by atoms with E-state index in [1.54, 1.807) is 17.4 Å². The van der Waals surface area contributed by atoms with Gasteiger partial charge in [-0.05, 0) is 11.4 Å². The van der Waals surface area contributed by atoms with Crippen LogP contribution >= 0.6 is 11.3 Å². The average molecular weight is 197 g/mol. The highest BCUT2D eigenvalue weighted by Gasteiger charge is 2.10. The van der Waals surface area contributed by atoms with E-state index in [1.807, 2.05) is 17.5 Å². The van der Waals surface area contributed by atoms with E-state index < -0.39 is 6.09 Å². The molecule has 0 aliphatic carbocycles. The molecule has 1 N–H and O–H groups in total. The Labute approximate surface area is 80.9 Å². The molecule has 13 heavy (non-hydrogen) atoms.